The van der Waals surface area contributed by atoms with Crippen LogP contribution < -0.4 is 14.8 Å². The highest BCUT2D eigenvalue weighted by molar-refractivity contribution is 7.99. The van der Waals surface area contributed by atoms with Crippen LogP contribution in [0.5, 0.6) is 11.5 Å². The summed E-state index contributed by atoms with van der Waals surface area (Å²) in [5, 5.41) is 4.20. The lowest BCUT2D eigenvalue weighted by molar-refractivity contribution is -0.119. The predicted molar refractivity (Wildman–Crippen MR) is 123 cm³/mol. The number of imidazole rings is 1. The first-order chi connectivity index (χ1) is 14.9. The van der Waals surface area contributed by atoms with Crippen LogP contribution in [0.4, 0.5) is 0 Å². The first kappa shape index (κ1) is 22.1. The lowest BCUT2D eigenvalue weighted by atomic mass is 9.95. The van der Waals surface area contributed by atoms with Crippen molar-refractivity contribution in [3.8, 4) is 11.5 Å². The molecule has 0 saturated heterocycles. The topological polar surface area (TPSA) is 65.4 Å². The van der Waals surface area contributed by atoms with Crippen molar-refractivity contribution in [2.24, 2.45) is 5.92 Å². The highest BCUT2D eigenvalue weighted by Gasteiger charge is 2.25. The number of nitrogens with zero attached hydrogens (tertiary/aromatic N) is 2. The van der Waals surface area contributed by atoms with Crippen molar-refractivity contribution in [3.63, 3.8) is 0 Å². The van der Waals surface area contributed by atoms with Crippen molar-refractivity contribution in [3.05, 3.63) is 35.2 Å². The summed E-state index contributed by atoms with van der Waals surface area (Å²) in [7, 11) is 0. The second-order valence-electron chi connectivity index (χ2n) is 8.85. The minimum absolute atomic E-state index is 0.0230. The fourth-order valence-electron chi connectivity index (χ4n) is 4.52. The molecule has 2 aromatic rings. The van der Waals surface area contributed by atoms with E-state index < -0.39 is 0 Å². The van der Waals surface area contributed by atoms with Crippen LogP contribution in [0.1, 0.15) is 68.6 Å². The van der Waals surface area contributed by atoms with Gasteiger partial charge in [-0.2, -0.15) is 0 Å². The zero-order valence-corrected chi connectivity index (χ0v) is 19.8. The van der Waals surface area contributed by atoms with Gasteiger partial charge in [-0.05, 0) is 50.3 Å². The largest absolute Gasteiger partial charge is 0.486 e. The smallest absolute Gasteiger partial charge is 0.230 e. The number of aromatic nitrogens is 2. The third kappa shape index (κ3) is 4.86. The molecule has 168 valence electrons. The van der Waals surface area contributed by atoms with Crippen molar-refractivity contribution < 1.29 is 14.3 Å². The van der Waals surface area contributed by atoms with Gasteiger partial charge >= 0.3 is 0 Å². The number of amides is 1. The average molecular weight is 444 g/mol. The van der Waals surface area contributed by atoms with Gasteiger partial charge in [-0.25, -0.2) is 4.98 Å². The van der Waals surface area contributed by atoms with E-state index in [2.05, 4.69) is 37.6 Å². The van der Waals surface area contributed by atoms with Gasteiger partial charge < -0.3 is 19.4 Å². The van der Waals surface area contributed by atoms with Gasteiger partial charge in [-0.3, -0.25) is 4.79 Å². The average Bonchev–Trinajstić information content (AvgIpc) is 3.38. The van der Waals surface area contributed by atoms with E-state index in [1.807, 2.05) is 18.2 Å². The van der Waals surface area contributed by atoms with E-state index in [-0.39, 0.29) is 17.9 Å². The minimum Gasteiger partial charge on any atom is -0.486 e. The summed E-state index contributed by atoms with van der Waals surface area (Å²) >= 11 is 1.54. The predicted octanol–water partition coefficient (Wildman–Crippen LogP) is 4.99. The molecule has 2 aliphatic rings. The molecule has 0 radical (unpaired) electrons. The highest BCUT2D eigenvalue weighted by atomic mass is 32.2. The van der Waals surface area contributed by atoms with Crippen LogP contribution in [0.3, 0.4) is 0 Å². The fraction of sp³-hybridized carbons (Fsp3) is 0.583. The van der Waals surface area contributed by atoms with Crippen molar-refractivity contribution in [2.45, 2.75) is 70.6 Å². The molecule has 1 aromatic carbocycles. The zero-order valence-electron chi connectivity index (χ0n) is 18.9. The van der Waals surface area contributed by atoms with Gasteiger partial charge in [0.05, 0.1) is 17.5 Å². The van der Waals surface area contributed by atoms with E-state index in [1.54, 1.807) is 11.8 Å². The Hall–Kier alpha value is -2.15. The standard InChI is InChI=1S/C24H33N3O3S/c1-15(2)23(18-9-10-20-21(13-18)30-12-11-29-20)26-22(28)14-31-24-25-16(3)17(4)27(24)19-7-5-6-8-19/h9-10,13,15,19,23H,5-8,11-12,14H2,1-4H3,(H,26,28). The summed E-state index contributed by atoms with van der Waals surface area (Å²) in [4.78, 5) is 17.7. The minimum atomic E-state index is -0.0815. The van der Waals surface area contributed by atoms with Crippen molar-refractivity contribution in [1.82, 2.24) is 14.9 Å². The van der Waals surface area contributed by atoms with Gasteiger partial charge in [0.2, 0.25) is 5.91 Å². The maximum atomic E-state index is 12.9. The second kappa shape index (κ2) is 9.55. The monoisotopic (exact) mass is 443 g/mol. The van der Waals surface area contributed by atoms with Gasteiger partial charge in [0, 0.05) is 11.7 Å². The molecule has 1 saturated carbocycles. The summed E-state index contributed by atoms with van der Waals surface area (Å²) in [6.45, 7) is 9.56. The number of thioether (sulfide) groups is 1. The van der Waals surface area contributed by atoms with E-state index in [0.717, 1.165) is 27.9 Å². The molecule has 1 fully saturated rings. The number of hydrogen-bond acceptors (Lipinski definition) is 5. The molecule has 7 heteroatoms. The number of nitrogens with one attached hydrogen (secondary N) is 1. The zero-order chi connectivity index (χ0) is 22.0. The maximum absolute atomic E-state index is 12.9. The van der Waals surface area contributed by atoms with Crippen LogP contribution in [0.2, 0.25) is 0 Å². The van der Waals surface area contributed by atoms with E-state index in [4.69, 9.17) is 14.5 Å². The first-order valence-corrected chi connectivity index (χ1v) is 12.3. The number of ether oxygens (including phenoxy) is 2. The Bertz CT molecular complexity index is 934. The third-order valence-corrected chi connectivity index (χ3v) is 7.24. The molecule has 1 amide bonds. The summed E-state index contributed by atoms with van der Waals surface area (Å²) in [6.07, 6.45) is 4.96. The van der Waals surface area contributed by atoms with Crippen LogP contribution in [0, 0.1) is 19.8 Å². The van der Waals surface area contributed by atoms with E-state index in [1.165, 1.54) is 31.4 Å². The van der Waals surface area contributed by atoms with E-state index in [0.29, 0.717) is 25.0 Å². The van der Waals surface area contributed by atoms with Gasteiger partial charge in [0.25, 0.3) is 0 Å². The molecule has 1 aromatic heterocycles. The maximum Gasteiger partial charge on any atom is 0.230 e. The summed E-state index contributed by atoms with van der Waals surface area (Å²) in [5.41, 5.74) is 3.33. The molecule has 1 aliphatic carbocycles. The molecule has 6 nitrogen and oxygen atoms in total. The summed E-state index contributed by atoms with van der Waals surface area (Å²) in [6, 6.07) is 6.39. The molecule has 0 bridgehead atoms. The van der Waals surface area contributed by atoms with Crippen LogP contribution in [0.25, 0.3) is 0 Å². The number of aryl methyl sites for hydroxylation is 1. The lowest BCUT2D eigenvalue weighted by Gasteiger charge is -2.25. The second-order valence-corrected chi connectivity index (χ2v) is 9.80. The van der Waals surface area contributed by atoms with Gasteiger partial charge in [0.15, 0.2) is 16.7 Å². The Morgan fingerprint density at radius 1 is 1.19 bits per heavy atom. The molecule has 4 rings (SSSR count). The Kier molecular flexibility index (Phi) is 6.80. The molecule has 1 atom stereocenters. The SMILES string of the molecule is Cc1nc(SCC(=O)NC(c2ccc3c(c2)OCCO3)C(C)C)n(C2CCCC2)c1C. The first-order valence-electron chi connectivity index (χ1n) is 11.3. The molecule has 1 N–H and O–H groups in total. The normalized spacial score (nSPS) is 17.2. The van der Waals surface area contributed by atoms with Crippen molar-refractivity contribution in [2.75, 3.05) is 19.0 Å². The van der Waals surface area contributed by atoms with Crippen molar-refractivity contribution >= 4 is 17.7 Å². The van der Waals surface area contributed by atoms with Gasteiger partial charge in [-0.1, -0.05) is 44.5 Å². The quantitative estimate of drug-likeness (QED) is 0.611. The molecule has 1 aliphatic heterocycles. The van der Waals surface area contributed by atoms with E-state index >= 15 is 0 Å². The summed E-state index contributed by atoms with van der Waals surface area (Å²) < 4.78 is 13.7. The Morgan fingerprint density at radius 3 is 2.61 bits per heavy atom. The number of fused-ring (bicyclic) bond motifs is 1. The van der Waals surface area contributed by atoms with Gasteiger partial charge in [-0.15, -0.1) is 0 Å². The Labute approximate surface area is 189 Å². The molecule has 31 heavy (non-hydrogen) atoms. The lowest BCUT2D eigenvalue weighted by Crippen LogP contribution is -2.33. The number of rotatable bonds is 7. The van der Waals surface area contributed by atoms with Crippen LogP contribution in [-0.4, -0.2) is 34.4 Å². The van der Waals surface area contributed by atoms with Crippen LogP contribution in [0.15, 0.2) is 23.4 Å². The number of carbonyl (C=O) groups is 1. The number of carbonyl (C=O) groups excluding carboxylic acids is 1. The van der Waals surface area contributed by atoms with Crippen LogP contribution in [-0.2, 0) is 4.79 Å². The molecular weight excluding hydrogens is 410 g/mol. The molecule has 1 unspecified atom stereocenters. The molecular formula is C24H33N3O3S. The fourth-order valence-corrected chi connectivity index (χ4v) is 5.49. The Balaban J connectivity index is 1.43. The number of hydrogen-bond donors (Lipinski definition) is 1. The van der Waals surface area contributed by atoms with Gasteiger partial charge in [0.1, 0.15) is 13.2 Å². The van der Waals surface area contributed by atoms with Crippen LogP contribution >= 0.6 is 11.8 Å². The highest BCUT2D eigenvalue weighted by Crippen LogP contribution is 2.36. The molecule has 0 spiro atoms. The molecule has 2 heterocycles. The number of benzene rings is 1. The summed E-state index contributed by atoms with van der Waals surface area (Å²) in [5.74, 6) is 2.15. The third-order valence-electron chi connectivity index (χ3n) is 6.29. The Morgan fingerprint density at radius 2 is 1.90 bits per heavy atom. The van der Waals surface area contributed by atoms with Crippen molar-refractivity contribution in [1.29, 1.82) is 0 Å². The van der Waals surface area contributed by atoms with E-state index in [9.17, 15) is 4.79 Å².